The minimum atomic E-state index is -0.355. The van der Waals surface area contributed by atoms with Gasteiger partial charge < -0.3 is 19.3 Å². The number of fused-ring (bicyclic) bond motifs is 1. The molecule has 3 aliphatic rings. The van der Waals surface area contributed by atoms with Crippen LogP contribution in [0.3, 0.4) is 0 Å². The second kappa shape index (κ2) is 8.11. The van der Waals surface area contributed by atoms with Gasteiger partial charge in [0, 0.05) is 32.1 Å². The number of hydrogen-bond donors (Lipinski definition) is 0. The fourth-order valence-corrected chi connectivity index (χ4v) is 4.90. The third-order valence-electron chi connectivity index (χ3n) is 6.44. The number of likely N-dealkylation sites (tertiary alicyclic amines) is 2. The molecule has 0 aromatic heterocycles. The van der Waals surface area contributed by atoms with E-state index in [1.54, 1.807) is 0 Å². The summed E-state index contributed by atoms with van der Waals surface area (Å²) in [6, 6.07) is 8.11. The molecule has 152 valence electrons. The van der Waals surface area contributed by atoms with Crippen molar-refractivity contribution in [1.29, 1.82) is 0 Å². The topological polar surface area (TPSA) is 59.1 Å². The Morgan fingerprint density at radius 2 is 1.96 bits per heavy atom. The number of rotatable bonds is 2. The van der Waals surface area contributed by atoms with Crippen LogP contribution in [0, 0.1) is 0 Å². The van der Waals surface area contributed by atoms with Gasteiger partial charge in [0.15, 0.2) is 5.78 Å². The largest absolute Gasteiger partial charge is 0.486 e. The minimum Gasteiger partial charge on any atom is -0.486 e. The van der Waals surface area contributed by atoms with Gasteiger partial charge in [-0.1, -0.05) is 12.1 Å². The van der Waals surface area contributed by atoms with Crippen LogP contribution in [0.15, 0.2) is 24.3 Å². The SMILES string of the molecule is CCOC(=O)N1CCC(N2CCCC3(CC2)CC(=O)c2ccccc2O3)CC1. The molecule has 28 heavy (non-hydrogen) atoms. The lowest BCUT2D eigenvalue weighted by molar-refractivity contribution is 0.0275. The lowest BCUT2D eigenvalue weighted by atomic mass is 9.84. The van der Waals surface area contributed by atoms with Crippen LogP contribution in [0.5, 0.6) is 5.75 Å². The molecule has 0 radical (unpaired) electrons. The molecule has 1 aromatic rings. The molecule has 6 nitrogen and oxygen atoms in total. The van der Waals surface area contributed by atoms with Crippen LogP contribution in [0.2, 0.25) is 0 Å². The van der Waals surface area contributed by atoms with Crippen molar-refractivity contribution < 1.29 is 19.1 Å². The Morgan fingerprint density at radius 3 is 2.75 bits per heavy atom. The maximum atomic E-state index is 12.7. The van der Waals surface area contributed by atoms with E-state index in [1.807, 2.05) is 36.1 Å². The van der Waals surface area contributed by atoms with Gasteiger partial charge in [-0.25, -0.2) is 4.79 Å². The zero-order valence-electron chi connectivity index (χ0n) is 16.7. The first-order chi connectivity index (χ1) is 13.6. The zero-order valence-corrected chi connectivity index (χ0v) is 16.7. The fraction of sp³-hybridized carbons (Fsp3) is 0.636. The maximum Gasteiger partial charge on any atom is 0.409 e. The normalized spacial score (nSPS) is 26.5. The molecule has 6 heteroatoms. The van der Waals surface area contributed by atoms with E-state index in [9.17, 15) is 9.59 Å². The quantitative estimate of drug-likeness (QED) is 0.779. The molecule has 3 heterocycles. The zero-order chi connectivity index (χ0) is 19.6. The van der Waals surface area contributed by atoms with E-state index in [4.69, 9.17) is 9.47 Å². The predicted octanol–water partition coefficient (Wildman–Crippen LogP) is 3.50. The van der Waals surface area contributed by atoms with E-state index < -0.39 is 0 Å². The van der Waals surface area contributed by atoms with Gasteiger partial charge in [-0.15, -0.1) is 0 Å². The van der Waals surface area contributed by atoms with Crippen molar-refractivity contribution in [3.05, 3.63) is 29.8 Å². The highest BCUT2D eigenvalue weighted by atomic mass is 16.6. The number of amides is 1. The van der Waals surface area contributed by atoms with Crippen molar-refractivity contribution >= 4 is 11.9 Å². The Morgan fingerprint density at radius 1 is 1.18 bits per heavy atom. The second-order valence-corrected chi connectivity index (χ2v) is 8.19. The van der Waals surface area contributed by atoms with Gasteiger partial charge >= 0.3 is 6.09 Å². The van der Waals surface area contributed by atoms with Crippen LogP contribution >= 0.6 is 0 Å². The lowest BCUT2D eigenvalue weighted by Gasteiger charge is -2.39. The van der Waals surface area contributed by atoms with Gasteiger partial charge in [0.05, 0.1) is 18.6 Å². The van der Waals surface area contributed by atoms with Crippen LogP contribution < -0.4 is 4.74 Å². The summed E-state index contributed by atoms with van der Waals surface area (Å²) in [4.78, 5) is 28.9. The van der Waals surface area contributed by atoms with Gasteiger partial charge in [-0.05, 0) is 51.3 Å². The molecule has 0 bridgehead atoms. The van der Waals surface area contributed by atoms with Crippen LogP contribution in [0.25, 0.3) is 0 Å². The molecule has 2 saturated heterocycles. The first-order valence-corrected chi connectivity index (χ1v) is 10.6. The number of ketones is 1. The average molecular weight is 386 g/mol. The number of piperidine rings is 1. The fourth-order valence-electron chi connectivity index (χ4n) is 4.90. The maximum absolute atomic E-state index is 12.7. The van der Waals surface area contributed by atoms with E-state index in [0.717, 1.165) is 69.6 Å². The highest BCUT2D eigenvalue weighted by Crippen LogP contribution is 2.39. The van der Waals surface area contributed by atoms with Crippen molar-refractivity contribution in [2.45, 2.75) is 57.1 Å². The number of hydrogen-bond acceptors (Lipinski definition) is 5. The molecule has 1 atom stereocenters. The van der Waals surface area contributed by atoms with Crippen molar-refractivity contribution in [2.75, 3.05) is 32.8 Å². The van der Waals surface area contributed by atoms with E-state index >= 15 is 0 Å². The highest BCUT2D eigenvalue weighted by Gasteiger charge is 2.42. The van der Waals surface area contributed by atoms with Gasteiger partial charge in [0.25, 0.3) is 0 Å². The summed E-state index contributed by atoms with van der Waals surface area (Å²) in [5.74, 6) is 0.952. The smallest absolute Gasteiger partial charge is 0.409 e. The minimum absolute atomic E-state index is 0.191. The Bertz CT molecular complexity index is 729. The van der Waals surface area contributed by atoms with Gasteiger partial charge in [0.2, 0.25) is 0 Å². The molecule has 3 aliphatic heterocycles. The average Bonchev–Trinajstić information content (AvgIpc) is 2.91. The monoisotopic (exact) mass is 386 g/mol. The van der Waals surface area contributed by atoms with Gasteiger partial charge in [-0.3, -0.25) is 4.79 Å². The van der Waals surface area contributed by atoms with Crippen LogP contribution in [0.4, 0.5) is 4.79 Å². The van der Waals surface area contributed by atoms with E-state index in [-0.39, 0.29) is 17.5 Å². The Balaban J connectivity index is 1.36. The van der Waals surface area contributed by atoms with E-state index in [1.165, 1.54) is 0 Å². The standard InChI is InChI=1S/C22H30N2O4/c1-2-27-21(26)24-13-8-17(9-14-24)23-12-5-10-22(11-15-23)16-19(25)18-6-3-4-7-20(18)28-22/h3-4,6-7,17H,2,5,8-16H2,1H3. The number of ether oxygens (including phenoxy) is 2. The number of benzene rings is 1. The molecular formula is C22H30N2O4. The summed E-state index contributed by atoms with van der Waals surface area (Å²) in [5.41, 5.74) is 0.367. The Kier molecular flexibility index (Phi) is 5.58. The number of carbonyl (C=O) groups excluding carboxylic acids is 2. The summed E-state index contributed by atoms with van der Waals surface area (Å²) >= 11 is 0. The van der Waals surface area contributed by atoms with Crippen molar-refractivity contribution in [3.63, 3.8) is 0 Å². The van der Waals surface area contributed by atoms with Gasteiger partial charge in [-0.2, -0.15) is 0 Å². The molecular weight excluding hydrogens is 356 g/mol. The summed E-state index contributed by atoms with van der Waals surface area (Å²) in [6.07, 6.45) is 5.09. The molecule has 0 N–H and O–H groups in total. The molecule has 1 amide bonds. The lowest BCUT2D eigenvalue weighted by Crippen LogP contribution is -2.48. The summed E-state index contributed by atoms with van der Waals surface area (Å²) < 4.78 is 11.5. The molecule has 0 saturated carbocycles. The molecule has 2 fully saturated rings. The molecule has 4 rings (SSSR count). The van der Waals surface area contributed by atoms with Crippen molar-refractivity contribution in [1.82, 2.24) is 9.80 Å². The number of carbonyl (C=O) groups is 2. The summed E-state index contributed by atoms with van der Waals surface area (Å²) in [6.45, 7) is 5.76. The third kappa shape index (κ3) is 3.88. The van der Waals surface area contributed by atoms with E-state index in [2.05, 4.69) is 4.90 Å². The highest BCUT2D eigenvalue weighted by molar-refractivity contribution is 6.00. The third-order valence-corrected chi connectivity index (χ3v) is 6.44. The van der Waals surface area contributed by atoms with Crippen molar-refractivity contribution in [2.24, 2.45) is 0 Å². The van der Waals surface area contributed by atoms with Crippen LogP contribution in [-0.2, 0) is 4.74 Å². The Hall–Kier alpha value is -2.08. The molecule has 1 spiro atoms. The molecule has 1 aromatic carbocycles. The predicted molar refractivity (Wildman–Crippen MR) is 106 cm³/mol. The first-order valence-electron chi connectivity index (χ1n) is 10.6. The number of Topliss-reactive ketones (excluding diaryl/α,β-unsaturated/α-hetero) is 1. The van der Waals surface area contributed by atoms with Crippen LogP contribution in [0.1, 0.15) is 55.8 Å². The summed E-state index contributed by atoms with van der Waals surface area (Å²) in [5, 5.41) is 0. The molecule has 0 aliphatic carbocycles. The second-order valence-electron chi connectivity index (χ2n) is 8.19. The Labute approximate surface area is 166 Å². The van der Waals surface area contributed by atoms with Gasteiger partial charge in [0.1, 0.15) is 11.4 Å². The van der Waals surface area contributed by atoms with E-state index in [0.29, 0.717) is 19.1 Å². The van der Waals surface area contributed by atoms with Crippen molar-refractivity contribution in [3.8, 4) is 5.75 Å². The summed E-state index contributed by atoms with van der Waals surface area (Å²) in [7, 11) is 0. The number of para-hydroxylation sites is 1. The van der Waals surface area contributed by atoms with Crippen LogP contribution in [-0.4, -0.2) is 66.1 Å². The number of nitrogens with zero attached hydrogens (tertiary/aromatic N) is 2. The first kappa shape index (κ1) is 19.2. The molecule has 1 unspecified atom stereocenters.